The summed E-state index contributed by atoms with van der Waals surface area (Å²) in [4.78, 5) is 0. The van der Waals surface area contributed by atoms with Crippen molar-refractivity contribution in [3.63, 3.8) is 0 Å². The average molecular weight is 213 g/mol. The summed E-state index contributed by atoms with van der Waals surface area (Å²) in [6.07, 6.45) is 15.5. The van der Waals surface area contributed by atoms with E-state index in [1.807, 2.05) is 12.2 Å². The van der Waals surface area contributed by atoms with Crippen LogP contribution in [0.4, 0.5) is 0 Å². The third kappa shape index (κ3) is 1.91. The molecule has 0 spiro atoms. The summed E-state index contributed by atoms with van der Waals surface area (Å²) in [5.74, 6) is 1.48. The Morgan fingerprint density at radius 2 is 2.19 bits per heavy atom. The van der Waals surface area contributed by atoms with Gasteiger partial charge in [0.25, 0.3) is 0 Å². The van der Waals surface area contributed by atoms with E-state index in [0.29, 0.717) is 5.76 Å². The van der Waals surface area contributed by atoms with Crippen LogP contribution in [0, 0.1) is 5.41 Å². The van der Waals surface area contributed by atoms with Crippen molar-refractivity contribution in [2.24, 2.45) is 0 Å². The summed E-state index contributed by atoms with van der Waals surface area (Å²) >= 11 is 0. The number of nitrogens with one attached hydrogen (secondary N) is 1. The molecule has 1 N–H and O–H groups in total. The van der Waals surface area contributed by atoms with E-state index in [1.165, 1.54) is 6.21 Å². The van der Waals surface area contributed by atoms with Gasteiger partial charge in [-0.1, -0.05) is 37.3 Å². The summed E-state index contributed by atoms with van der Waals surface area (Å²) in [6.45, 7) is 2.09. The molecule has 0 radical (unpaired) electrons. The van der Waals surface area contributed by atoms with Crippen LogP contribution in [0.25, 0.3) is 18.2 Å². The van der Waals surface area contributed by atoms with Gasteiger partial charge in [0.15, 0.2) is 5.76 Å². The Balaban J connectivity index is 2.56. The van der Waals surface area contributed by atoms with Gasteiger partial charge in [0.1, 0.15) is 5.76 Å². The lowest BCUT2D eigenvalue weighted by Gasteiger charge is -1.92. The monoisotopic (exact) mass is 213 g/mol. The van der Waals surface area contributed by atoms with Gasteiger partial charge in [-0.05, 0) is 18.9 Å². The normalized spacial score (nSPS) is 14.1. The molecule has 0 aromatic carbocycles. The van der Waals surface area contributed by atoms with Gasteiger partial charge >= 0.3 is 0 Å². The summed E-state index contributed by atoms with van der Waals surface area (Å²) in [6, 6.07) is 0. The van der Waals surface area contributed by atoms with Crippen molar-refractivity contribution in [1.29, 1.82) is 5.41 Å². The minimum Gasteiger partial charge on any atom is -0.454 e. The number of fused-ring (bicyclic) bond motifs is 1. The quantitative estimate of drug-likeness (QED) is 0.753. The fourth-order valence-corrected chi connectivity index (χ4v) is 1.74. The molecule has 0 aliphatic heterocycles. The van der Waals surface area contributed by atoms with Crippen molar-refractivity contribution in [1.82, 2.24) is 0 Å². The number of furan rings is 1. The van der Waals surface area contributed by atoms with E-state index in [-0.39, 0.29) is 0 Å². The van der Waals surface area contributed by atoms with Gasteiger partial charge in [-0.25, -0.2) is 0 Å². The van der Waals surface area contributed by atoms with Gasteiger partial charge in [-0.2, -0.15) is 0 Å². The molecule has 2 heteroatoms. The second kappa shape index (κ2) is 4.79. The Morgan fingerprint density at radius 3 is 2.94 bits per heavy atom. The largest absolute Gasteiger partial charge is 0.454 e. The van der Waals surface area contributed by atoms with E-state index >= 15 is 0 Å². The Morgan fingerprint density at radius 1 is 1.38 bits per heavy atom. The standard InChI is InChI=1S/C14H15NO/c1-2-3-7-12-11-8-5-4-6-9-13(11)16-14(12)10-15/h3,5-10,15H,2,4H2,1H3/b7-3-,15-10?. The van der Waals surface area contributed by atoms with Crippen LogP contribution in [-0.2, 0) is 0 Å². The third-order valence-electron chi connectivity index (χ3n) is 2.52. The van der Waals surface area contributed by atoms with Crippen LogP contribution in [0.3, 0.4) is 0 Å². The number of rotatable bonds is 3. The van der Waals surface area contributed by atoms with Crippen LogP contribution >= 0.6 is 0 Å². The Bertz CT molecular complexity index is 475. The van der Waals surface area contributed by atoms with E-state index in [9.17, 15) is 0 Å². The maximum Gasteiger partial charge on any atom is 0.152 e. The third-order valence-corrected chi connectivity index (χ3v) is 2.52. The molecule has 1 aromatic rings. The maximum atomic E-state index is 7.35. The minimum atomic E-state index is 0.630. The summed E-state index contributed by atoms with van der Waals surface area (Å²) in [5.41, 5.74) is 2.09. The van der Waals surface area contributed by atoms with Crippen LogP contribution in [0.1, 0.15) is 42.4 Å². The highest BCUT2D eigenvalue weighted by atomic mass is 16.3. The second-order valence-corrected chi connectivity index (χ2v) is 3.65. The highest BCUT2D eigenvalue weighted by molar-refractivity contribution is 5.86. The molecule has 1 aliphatic carbocycles. The molecule has 0 atom stereocenters. The number of hydrogen-bond donors (Lipinski definition) is 1. The Kier molecular flexibility index (Phi) is 3.20. The maximum absolute atomic E-state index is 7.35. The molecule has 0 unspecified atom stereocenters. The van der Waals surface area contributed by atoms with Crippen LogP contribution in [0.5, 0.6) is 0 Å². The SMILES string of the molecule is CC/C=C\c1c(C=N)oc2c1C=CCC=C2. The first-order valence-electron chi connectivity index (χ1n) is 5.53. The smallest absolute Gasteiger partial charge is 0.152 e. The van der Waals surface area contributed by atoms with Crippen molar-refractivity contribution >= 4 is 24.4 Å². The van der Waals surface area contributed by atoms with E-state index < -0.39 is 0 Å². The van der Waals surface area contributed by atoms with Crippen molar-refractivity contribution in [3.8, 4) is 0 Å². The highest BCUT2D eigenvalue weighted by Gasteiger charge is 2.13. The van der Waals surface area contributed by atoms with Crippen LogP contribution < -0.4 is 0 Å². The fourth-order valence-electron chi connectivity index (χ4n) is 1.74. The van der Waals surface area contributed by atoms with Crippen molar-refractivity contribution in [3.05, 3.63) is 40.9 Å². The molecule has 0 bridgehead atoms. The van der Waals surface area contributed by atoms with E-state index in [0.717, 1.165) is 29.7 Å². The zero-order valence-electron chi connectivity index (χ0n) is 9.36. The molecule has 0 saturated heterocycles. The van der Waals surface area contributed by atoms with Gasteiger partial charge in [-0.3, -0.25) is 0 Å². The van der Waals surface area contributed by atoms with Gasteiger partial charge in [0.05, 0.1) is 6.21 Å². The predicted molar refractivity (Wildman–Crippen MR) is 68.6 cm³/mol. The van der Waals surface area contributed by atoms with Crippen molar-refractivity contribution in [2.45, 2.75) is 19.8 Å². The van der Waals surface area contributed by atoms with Gasteiger partial charge in [0.2, 0.25) is 0 Å². The van der Waals surface area contributed by atoms with Gasteiger partial charge in [0, 0.05) is 11.1 Å². The topological polar surface area (TPSA) is 37.0 Å². The molecule has 16 heavy (non-hydrogen) atoms. The zero-order chi connectivity index (χ0) is 11.4. The first-order chi connectivity index (χ1) is 7.86. The van der Waals surface area contributed by atoms with E-state index in [4.69, 9.17) is 9.83 Å². The lowest BCUT2D eigenvalue weighted by molar-refractivity contribution is 0.548. The fraction of sp³-hybridized carbons (Fsp3) is 0.214. The number of hydrogen-bond acceptors (Lipinski definition) is 2. The average Bonchev–Trinajstić information content (AvgIpc) is 2.48. The Labute approximate surface area is 95.5 Å². The first kappa shape index (κ1) is 10.7. The highest BCUT2D eigenvalue weighted by Crippen LogP contribution is 2.28. The summed E-state index contributed by atoms with van der Waals surface area (Å²) in [7, 11) is 0. The molecule has 1 aromatic heterocycles. The van der Waals surface area contributed by atoms with Gasteiger partial charge in [-0.15, -0.1) is 0 Å². The first-order valence-corrected chi connectivity index (χ1v) is 5.53. The molecule has 1 aliphatic rings. The molecular formula is C14H15NO. The Hall–Kier alpha value is -1.83. The molecule has 2 rings (SSSR count). The zero-order valence-corrected chi connectivity index (χ0v) is 9.36. The summed E-state index contributed by atoms with van der Waals surface area (Å²) < 4.78 is 5.63. The predicted octanol–water partition coefficient (Wildman–Crippen LogP) is 4.13. The summed E-state index contributed by atoms with van der Waals surface area (Å²) in [5, 5.41) is 7.35. The van der Waals surface area contributed by atoms with Crippen molar-refractivity contribution < 1.29 is 4.42 Å². The molecular weight excluding hydrogens is 198 g/mol. The minimum absolute atomic E-state index is 0.630. The molecule has 2 nitrogen and oxygen atoms in total. The molecule has 1 heterocycles. The molecule has 0 amide bonds. The van der Waals surface area contributed by atoms with Crippen LogP contribution in [0.15, 0.2) is 22.6 Å². The van der Waals surface area contributed by atoms with Crippen molar-refractivity contribution in [2.75, 3.05) is 0 Å². The van der Waals surface area contributed by atoms with E-state index in [1.54, 1.807) is 0 Å². The number of allylic oxidation sites excluding steroid dienone is 3. The van der Waals surface area contributed by atoms with Gasteiger partial charge < -0.3 is 9.83 Å². The lowest BCUT2D eigenvalue weighted by Crippen LogP contribution is -1.81. The molecule has 0 saturated carbocycles. The molecule has 82 valence electrons. The second-order valence-electron chi connectivity index (χ2n) is 3.65. The lowest BCUT2D eigenvalue weighted by atomic mass is 10.1. The van der Waals surface area contributed by atoms with E-state index in [2.05, 4.69) is 31.2 Å². The van der Waals surface area contributed by atoms with Crippen LogP contribution in [0.2, 0.25) is 0 Å². The molecule has 0 fully saturated rings. The van der Waals surface area contributed by atoms with Crippen LogP contribution in [-0.4, -0.2) is 6.21 Å².